The van der Waals surface area contributed by atoms with E-state index in [1.807, 2.05) is 6.92 Å². The Hall–Kier alpha value is -1.66. The molecule has 1 N–H and O–H groups in total. The van der Waals surface area contributed by atoms with Crippen LogP contribution in [0.2, 0.25) is 0 Å². The van der Waals surface area contributed by atoms with Crippen molar-refractivity contribution < 1.29 is 23.1 Å². The molecular weight excluding hydrogens is 292 g/mol. The lowest BCUT2D eigenvalue weighted by atomic mass is 10.2. The smallest absolute Gasteiger partial charge is 0.330 e. The Labute approximate surface area is 125 Å². The Bertz CT molecular complexity index is 585. The predicted molar refractivity (Wildman–Crippen MR) is 79.6 cm³/mol. The third-order valence-corrected chi connectivity index (χ3v) is 4.40. The van der Waals surface area contributed by atoms with Crippen molar-refractivity contribution in [2.24, 2.45) is 0 Å². The molecule has 0 unspecified atom stereocenters. The highest BCUT2D eigenvalue weighted by molar-refractivity contribution is 7.91. The first-order chi connectivity index (χ1) is 9.81. The van der Waals surface area contributed by atoms with Crippen LogP contribution in [0, 0.1) is 6.92 Å². The summed E-state index contributed by atoms with van der Waals surface area (Å²) < 4.78 is 28.8. The molecule has 116 valence electrons. The summed E-state index contributed by atoms with van der Waals surface area (Å²) in [5, 5.41) is 9.01. The van der Waals surface area contributed by atoms with Gasteiger partial charge in [0.2, 0.25) is 0 Å². The Balaban J connectivity index is 2.46. The number of carbonyl (C=O) groups excluding carboxylic acids is 1. The summed E-state index contributed by atoms with van der Waals surface area (Å²) in [7, 11) is -3.45. The largest absolute Gasteiger partial charge is 0.461 e. The van der Waals surface area contributed by atoms with Crippen molar-refractivity contribution in [2.45, 2.75) is 31.3 Å². The molecule has 21 heavy (non-hydrogen) atoms. The van der Waals surface area contributed by atoms with Crippen molar-refractivity contribution in [1.82, 2.24) is 0 Å². The molecule has 6 heteroatoms. The molecule has 0 aliphatic heterocycles. The van der Waals surface area contributed by atoms with Crippen LogP contribution in [0.4, 0.5) is 0 Å². The Morgan fingerprint density at radius 3 is 2.52 bits per heavy atom. The SMILES string of the molecule is Cc1ccc(S(=O)(=O)CCOC(=O)/C=C/C[C@H](C)O)cc1. The number of benzene rings is 1. The molecule has 0 aliphatic rings. The number of hydrogen-bond acceptors (Lipinski definition) is 5. The van der Waals surface area contributed by atoms with Crippen molar-refractivity contribution in [3.8, 4) is 0 Å². The highest BCUT2D eigenvalue weighted by Crippen LogP contribution is 2.12. The van der Waals surface area contributed by atoms with Gasteiger partial charge in [0.25, 0.3) is 0 Å². The fourth-order valence-electron chi connectivity index (χ4n) is 1.52. The molecule has 0 saturated carbocycles. The van der Waals surface area contributed by atoms with Gasteiger partial charge >= 0.3 is 5.97 Å². The van der Waals surface area contributed by atoms with E-state index in [2.05, 4.69) is 0 Å². The second-order valence-electron chi connectivity index (χ2n) is 4.79. The van der Waals surface area contributed by atoms with Crippen molar-refractivity contribution in [1.29, 1.82) is 0 Å². The maximum atomic E-state index is 12.0. The Kier molecular flexibility index (Phi) is 6.58. The van der Waals surface area contributed by atoms with Gasteiger partial charge in [-0.05, 0) is 32.4 Å². The molecule has 0 amide bonds. The van der Waals surface area contributed by atoms with Crippen molar-refractivity contribution in [2.75, 3.05) is 12.4 Å². The van der Waals surface area contributed by atoms with Gasteiger partial charge in [0.1, 0.15) is 6.61 Å². The van der Waals surface area contributed by atoms with E-state index in [1.165, 1.54) is 24.3 Å². The third kappa shape index (κ3) is 6.55. The van der Waals surface area contributed by atoms with Gasteiger partial charge in [-0.2, -0.15) is 0 Å². The second-order valence-corrected chi connectivity index (χ2v) is 6.90. The highest BCUT2D eigenvalue weighted by atomic mass is 32.2. The van der Waals surface area contributed by atoms with Crippen LogP contribution < -0.4 is 0 Å². The molecule has 0 spiro atoms. The quantitative estimate of drug-likeness (QED) is 0.611. The minimum absolute atomic E-state index is 0.200. The number of ether oxygens (including phenoxy) is 1. The third-order valence-electron chi connectivity index (χ3n) is 2.71. The minimum atomic E-state index is -3.45. The first-order valence-electron chi connectivity index (χ1n) is 6.62. The molecular formula is C15H20O5S. The van der Waals surface area contributed by atoms with Crippen LogP contribution >= 0.6 is 0 Å². The molecule has 0 heterocycles. The lowest BCUT2D eigenvalue weighted by molar-refractivity contribution is -0.137. The van der Waals surface area contributed by atoms with E-state index in [1.54, 1.807) is 19.1 Å². The molecule has 0 radical (unpaired) electrons. The number of aliphatic hydroxyl groups excluding tert-OH is 1. The van der Waals surface area contributed by atoms with E-state index in [0.717, 1.165) is 5.56 Å². The molecule has 0 saturated heterocycles. The molecule has 0 aromatic heterocycles. The highest BCUT2D eigenvalue weighted by Gasteiger charge is 2.14. The molecule has 1 atom stereocenters. The van der Waals surface area contributed by atoms with E-state index in [-0.39, 0.29) is 17.3 Å². The lowest BCUT2D eigenvalue weighted by Crippen LogP contribution is -2.14. The normalized spacial score (nSPS) is 13.3. The monoisotopic (exact) mass is 312 g/mol. The number of carbonyl (C=O) groups is 1. The number of aryl methyl sites for hydroxylation is 1. The zero-order valence-electron chi connectivity index (χ0n) is 12.2. The van der Waals surface area contributed by atoms with Gasteiger partial charge in [0, 0.05) is 6.08 Å². The predicted octanol–water partition coefficient (Wildman–Crippen LogP) is 1.64. The zero-order chi connectivity index (χ0) is 15.9. The van der Waals surface area contributed by atoms with Gasteiger partial charge in [-0.1, -0.05) is 23.8 Å². The number of sulfone groups is 1. The summed E-state index contributed by atoms with van der Waals surface area (Å²) in [6.45, 7) is 3.27. The molecule has 1 aromatic rings. The van der Waals surface area contributed by atoms with Crippen LogP contribution in [0.3, 0.4) is 0 Å². The molecule has 0 bridgehead atoms. The fraction of sp³-hybridized carbons (Fsp3) is 0.400. The van der Waals surface area contributed by atoms with E-state index in [0.29, 0.717) is 6.42 Å². The topological polar surface area (TPSA) is 80.7 Å². The zero-order valence-corrected chi connectivity index (χ0v) is 13.0. The van der Waals surface area contributed by atoms with Gasteiger partial charge < -0.3 is 9.84 Å². The molecule has 1 rings (SSSR count). The maximum absolute atomic E-state index is 12.0. The van der Waals surface area contributed by atoms with Crippen LogP contribution in [-0.4, -0.2) is 38.0 Å². The first kappa shape index (κ1) is 17.4. The number of rotatable bonds is 7. The average Bonchev–Trinajstić information content (AvgIpc) is 2.38. The number of esters is 1. The van der Waals surface area contributed by atoms with Gasteiger partial charge in [0.05, 0.1) is 16.8 Å². The van der Waals surface area contributed by atoms with Gasteiger partial charge in [-0.15, -0.1) is 0 Å². The Morgan fingerprint density at radius 1 is 1.33 bits per heavy atom. The Morgan fingerprint density at radius 2 is 1.95 bits per heavy atom. The summed E-state index contributed by atoms with van der Waals surface area (Å²) in [5.74, 6) is -0.874. The minimum Gasteiger partial charge on any atom is -0.461 e. The summed E-state index contributed by atoms with van der Waals surface area (Å²) in [6.07, 6.45) is 2.49. The van der Waals surface area contributed by atoms with Crippen LogP contribution in [-0.2, 0) is 19.4 Å². The molecule has 0 aliphatic carbocycles. The summed E-state index contributed by atoms with van der Waals surface area (Å²) in [5.41, 5.74) is 0.976. The molecule has 1 aromatic carbocycles. The van der Waals surface area contributed by atoms with Gasteiger partial charge in [-0.25, -0.2) is 13.2 Å². The average molecular weight is 312 g/mol. The van der Waals surface area contributed by atoms with Crippen LogP contribution in [0.1, 0.15) is 18.9 Å². The molecule has 5 nitrogen and oxygen atoms in total. The number of hydrogen-bond donors (Lipinski definition) is 1. The summed E-state index contributed by atoms with van der Waals surface area (Å²) in [6, 6.07) is 6.51. The molecule has 0 fully saturated rings. The van der Waals surface area contributed by atoms with Crippen LogP contribution in [0.25, 0.3) is 0 Å². The second kappa shape index (κ2) is 7.95. The van der Waals surface area contributed by atoms with Crippen LogP contribution in [0.15, 0.2) is 41.3 Å². The van der Waals surface area contributed by atoms with E-state index in [9.17, 15) is 13.2 Å². The fourth-order valence-corrected chi connectivity index (χ4v) is 2.61. The van der Waals surface area contributed by atoms with Crippen LogP contribution in [0.5, 0.6) is 0 Å². The van der Waals surface area contributed by atoms with Crippen molar-refractivity contribution >= 4 is 15.8 Å². The standard InChI is InChI=1S/C15H20O5S/c1-12-6-8-14(9-7-12)21(18,19)11-10-20-15(17)5-3-4-13(2)16/h3,5-9,13,16H,4,10-11H2,1-2H3/b5-3+/t13-/m0/s1. The van der Waals surface area contributed by atoms with Crippen molar-refractivity contribution in [3.05, 3.63) is 42.0 Å². The number of aliphatic hydroxyl groups is 1. The maximum Gasteiger partial charge on any atom is 0.330 e. The summed E-state index contributed by atoms with van der Waals surface area (Å²) in [4.78, 5) is 11.5. The van der Waals surface area contributed by atoms with E-state index in [4.69, 9.17) is 9.84 Å². The van der Waals surface area contributed by atoms with E-state index < -0.39 is 21.9 Å². The summed E-state index contributed by atoms with van der Waals surface area (Å²) >= 11 is 0. The van der Waals surface area contributed by atoms with Gasteiger partial charge in [0.15, 0.2) is 9.84 Å². The van der Waals surface area contributed by atoms with Gasteiger partial charge in [-0.3, -0.25) is 0 Å². The van der Waals surface area contributed by atoms with Crippen molar-refractivity contribution in [3.63, 3.8) is 0 Å². The first-order valence-corrected chi connectivity index (χ1v) is 8.27. The van der Waals surface area contributed by atoms with E-state index >= 15 is 0 Å². The lowest BCUT2D eigenvalue weighted by Gasteiger charge is -2.05.